The smallest absolute Gasteiger partial charge is 0.0653 e. The van der Waals surface area contributed by atoms with Crippen molar-refractivity contribution in [3.63, 3.8) is 0 Å². The third-order valence-corrected chi connectivity index (χ3v) is 5.00. The second kappa shape index (κ2) is 4.18. The molecule has 2 N–H and O–H groups in total. The van der Waals surface area contributed by atoms with Crippen LogP contribution in [0.2, 0.25) is 0 Å². The highest BCUT2D eigenvalue weighted by atomic mass is 15.1. The lowest BCUT2D eigenvalue weighted by molar-refractivity contribution is 0.764. The van der Waals surface area contributed by atoms with Crippen LogP contribution in [-0.2, 0) is 13.1 Å². The van der Waals surface area contributed by atoms with E-state index in [1.54, 1.807) is 0 Å². The van der Waals surface area contributed by atoms with E-state index in [-0.39, 0.29) is 0 Å². The van der Waals surface area contributed by atoms with Crippen molar-refractivity contribution in [2.75, 3.05) is 0 Å². The second-order valence-corrected chi connectivity index (χ2v) is 6.26. The van der Waals surface area contributed by atoms with Crippen LogP contribution in [0.25, 0.3) is 10.9 Å². The van der Waals surface area contributed by atoms with Gasteiger partial charge in [0.25, 0.3) is 0 Å². The Morgan fingerprint density at radius 2 is 1.95 bits per heavy atom. The summed E-state index contributed by atoms with van der Waals surface area (Å²) >= 11 is 0. The van der Waals surface area contributed by atoms with Crippen LogP contribution in [0.1, 0.15) is 40.5 Å². The predicted octanol–water partition coefficient (Wildman–Crippen LogP) is 3.44. The summed E-state index contributed by atoms with van der Waals surface area (Å²) in [5.74, 6) is 1.33. The number of hydrogen-bond donors (Lipinski definition) is 2. The van der Waals surface area contributed by atoms with Crippen molar-refractivity contribution in [1.29, 1.82) is 0 Å². The van der Waals surface area contributed by atoms with E-state index < -0.39 is 0 Å². The lowest BCUT2D eigenvalue weighted by Gasteiger charge is -2.05. The molecule has 1 aromatic heterocycles. The zero-order valence-electron chi connectivity index (χ0n) is 11.8. The maximum absolute atomic E-state index is 4.18. The first kappa shape index (κ1) is 11.5. The van der Waals surface area contributed by atoms with E-state index in [1.807, 2.05) is 6.20 Å². The average Bonchev–Trinajstić information content (AvgIpc) is 2.96. The van der Waals surface area contributed by atoms with E-state index in [2.05, 4.69) is 51.9 Å². The summed E-state index contributed by atoms with van der Waals surface area (Å²) in [5.41, 5.74) is 7.05. The van der Waals surface area contributed by atoms with Gasteiger partial charge in [-0.2, -0.15) is 5.10 Å². The molecule has 5 rings (SSSR count). The topological polar surface area (TPSA) is 40.7 Å². The number of aromatic nitrogens is 2. The highest BCUT2D eigenvalue weighted by Gasteiger charge is 2.40. The minimum Gasteiger partial charge on any atom is -0.309 e. The molecule has 2 aliphatic rings. The van der Waals surface area contributed by atoms with E-state index in [0.29, 0.717) is 11.8 Å². The first-order valence-electron chi connectivity index (χ1n) is 7.64. The van der Waals surface area contributed by atoms with Gasteiger partial charge in [-0.15, -0.1) is 0 Å². The molecular weight excluding hydrogens is 258 g/mol. The second-order valence-electron chi connectivity index (χ2n) is 6.26. The zero-order valence-corrected chi connectivity index (χ0v) is 11.8. The first-order chi connectivity index (χ1) is 10.4. The number of nitrogens with one attached hydrogen (secondary N) is 2. The Balaban J connectivity index is 1.50. The van der Waals surface area contributed by atoms with Crippen LogP contribution in [0.15, 0.2) is 42.6 Å². The van der Waals surface area contributed by atoms with Gasteiger partial charge in [-0.05, 0) is 46.6 Å². The Labute approximate surface area is 123 Å². The lowest BCUT2D eigenvalue weighted by atomic mass is 9.99. The molecular formula is C18H17N3. The first-order valence-corrected chi connectivity index (χ1v) is 7.64. The molecule has 1 saturated carbocycles. The average molecular weight is 275 g/mol. The normalized spacial score (nSPS) is 23.4. The number of hydrogen-bond acceptors (Lipinski definition) is 2. The number of nitrogens with zero attached hydrogens (tertiary/aromatic N) is 1. The zero-order chi connectivity index (χ0) is 13.8. The highest BCUT2D eigenvalue weighted by molar-refractivity contribution is 5.82. The van der Waals surface area contributed by atoms with Gasteiger partial charge in [-0.3, -0.25) is 5.10 Å². The molecule has 2 aromatic carbocycles. The van der Waals surface area contributed by atoms with E-state index in [9.17, 15) is 0 Å². The standard InChI is InChI=1S/C18H17N3/c1-2-14(17-10-20-21-18(17)3-1)16-7-15(16)11-4-5-12-8-19-9-13(12)6-11/h1-6,10,15-16,19H,7-9H2,(H,20,21)/t15-,16-/m0/s1. The third-order valence-electron chi connectivity index (χ3n) is 5.00. The molecule has 0 amide bonds. The van der Waals surface area contributed by atoms with Crippen LogP contribution in [-0.4, -0.2) is 10.2 Å². The van der Waals surface area contributed by atoms with Gasteiger partial charge in [0, 0.05) is 18.5 Å². The monoisotopic (exact) mass is 275 g/mol. The molecule has 2 atom stereocenters. The van der Waals surface area contributed by atoms with Crippen molar-refractivity contribution in [2.24, 2.45) is 0 Å². The highest BCUT2D eigenvalue weighted by Crippen LogP contribution is 2.56. The summed E-state index contributed by atoms with van der Waals surface area (Å²) in [6.45, 7) is 2.05. The van der Waals surface area contributed by atoms with Gasteiger partial charge in [0.05, 0.1) is 11.7 Å². The fourth-order valence-corrected chi connectivity index (χ4v) is 3.77. The molecule has 0 unspecified atom stereocenters. The molecule has 0 bridgehead atoms. The van der Waals surface area contributed by atoms with Crippen LogP contribution in [0, 0.1) is 0 Å². The molecule has 2 heterocycles. The molecule has 3 aromatic rings. The Hall–Kier alpha value is -2.13. The molecule has 0 saturated heterocycles. The van der Waals surface area contributed by atoms with E-state index in [0.717, 1.165) is 18.6 Å². The van der Waals surface area contributed by atoms with Gasteiger partial charge in [-0.1, -0.05) is 30.3 Å². The Bertz CT molecular complexity index is 833. The SMILES string of the molecule is c1cc([C@@H]2C[C@H]2c2ccc3c(c2)CNC3)c2cn[nH]c2c1. The summed E-state index contributed by atoms with van der Waals surface area (Å²) in [6, 6.07) is 13.5. The number of rotatable bonds is 2. The van der Waals surface area contributed by atoms with Gasteiger partial charge in [0.2, 0.25) is 0 Å². The van der Waals surface area contributed by atoms with Crippen LogP contribution in [0.5, 0.6) is 0 Å². The van der Waals surface area contributed by atoms with Gasteiger partial charge >= 0.3 is 0 Å². The summed E-state index contributed by atoms with van der Waals surface area (Å²) < 4.78 is 0. The maximum atomic E-state index is 4.18. The number of fused-ring (bicyclic) bond motifs is 2. The van der Waals surface area contributed by atoms with Crippen molar-refractivity contribution >= 4 is 10.9 Å². The Kier molecular flexibility index (Phi) is 2.29. The summed E-state index contributed by atoms with van der Waals surface area (Å²) in [7, 11) is 0. The number of H-pyrrole nitrogens is 1. The summed E-state index contributed by atoms with van der Waals surface area (Å²) in [4.78, 5) is 0. The van der Waals surface area contributed by atoms with Crippen LogP contribution in [0.4, 0.5) is 0 Å². The minimum absolute atomic E-state index is 0.652. The third kappa shape index (κ3) is 1.74. The van der Waals surface area contributed by atoms with Gasteiger partial charge in [0.1, 0.15) is 0 Å². The molecule has 1 aliphatic heterocycles. The Morgan fingerprint density at radius 3 is 2.95 bits per heavy atom. The van der Waals surface area contributed by atoms with Crippen LogP contribution >= 0.6 is 0 Å². The van der Waals surface area contributed by atoms with Crippen molar-refractivity contribution in [2.45, 2.75) is 31.3 Å². The molecule has 104 valence electrons. The fraction of sp³-hybridized carbons (Fsp3) is 0.278. The van der Waals surface area contributed by atoms with Gasteiger partial charge in [0.15, 0.2) is 0 Å². The van der Waals surface area contributed by atoms with Gasteiger partial charge < -0.3 is 5.32 Å². The molecule has 3 nitrogen and oxygen atoms in total. The Morgan fingerprint density at radius 1 is 1.00 bits per heavy atom. The molecule has 3 heteroatoms. The molecule has 0 radical (unpaired) electrons. The molecule has 0 spiro atoms. The predicted molar refractivity (Wildman–Crippen MR) is 83.2 cm³/mol. The summed E-state index contributed by atoms with van der Waals surface area (Å²) in [5, 5.41) is 12.0. The van der Waals surface area contributed by atoms with Crippen LogP contribution < -0.4 is 5.32 Å². The van der Waals surface area contributed by atoms with Crippen molar-refractivity contribution in [3.05, 3.63) is 64.8 Å². The maximum Gasteiger partial charge on any atom is 0.0653 e. The quantitative estimate of drug-likeness (QED) is 0.752. The van der Waals surface area contributed by atoms with Crippen molar-refractivity contribution in [3.8, 4) is 0 Å². The van der Waals surface area contributed by atoms with Gasteiger partial charge in [-0.25, -0.2) is 0 Å². The molecule has 1 fully saturated rings. The molecule has 21 heavy (non-hydrogen) atoms. The molecule has 1 aliphatic carbocycles. The fourth-order valence-electron chi connectivity index (χ4n) is 3.77. The van der Waals surface area contributed by atoms with E-state index >= 15 is 0 Å². The minimum atomic E-state index is 0.652. The van der Waals surface area contributed by atoms with Crippen LogP contribution in [0.3, 0.4) is 0 Å². The van der Waals surface area contributed by atoms with E-state index in [4.69, 9.17) is 0 Å². The number of aromatic amines is 1. The summed E-state index contributed by atoms with van der Waals surface area (Å²) in [6.07, 6.45) is 3.23. The van der Waals surface area contributed by atoms with Crippen molar-refractivity contribution in [1.82, 2.24) is 15.5 Å². The number of benzene rings is 2. The lowest BCUT2D eigenvalue weighted by Crippen LogP contribution is -1.99. The van der Waals surface area contributed by atoms with Crippen molar-refractivity contribution < 1.29 is 0 Å². The van der Waals surface area contributed by atoms with E-state index in [1.165, 1.54) is 34.1 Å². The largest absolute Gasteiger partial charge is 0.309 e.